The number of halogens is 1. The van der Waals surface area contributed by atoms with Crippen molar-refractivity contribution >= 4 is 52.2 Å². The fourth-order valence-electron chi connectivity index (χ4n) is 2.31. The summed E-state index contributed by atoms with van der Waals surface area (Å²) in [5.41, 5.74) is 0.754. The average Bonchev–Trinajstić information content (AvgIpc) is 2.87. The molecule has 1 fully saturated rings. The number of phenolic OH excluding ortho intramolecular Hbond substituents is 2. The summed E-state index contributed by atoms with van der Waals surface area (Å²) >= 11 is 6.44. The lowest BCUT2D eigenvalue weighted by Crippen LogP contribution is -2.36. The van der Waals surface area contributed by atoms with E-state index in [2.05, 4.69) is 5.32 Å². The molecule has 0 atom stereocenters. The lowest BCUT2D eigenvalue weighted by atomic mass is 10.1. The Balaban J connectivity index is 1.71. The van der Waals surface area contributed by atoms with Gasteiger partial charge in [-0.15, -0.1) is 0 Å². The van der Waals surface area contributed by atoms with E-state index in [9.17, 15) is 24.6 Å². The third kappa shape index (κ3) is 4.42. The number of imide groups is 1. The number of amides is 3. The van der Waals surface area contributed by atoms with E-state index in [-0.39, 0.29) is 22.0 Å². The fourth-order valence-corrected chi connectivity index (χ4v) is 3.26. The summed E-state index contributed by atoms with van der Waals surface area (Å²) in [6.45, 7) is -0.438. The molecule has 1 aliphatic rings. The Morgan fingerprint density at radius 2 is 1.85 bits per heavy atom. The molecule has 1 heterocycles. The van der Waals surface area contributed by atoms with Crippen molar-refractivity contribution in [2.24, 2.45) is 0 Å². The van der Waals surface area contributed by atoms with Crippen LogP contribution in [-0.4, -0.2) is 38.7 Å². The number of carbonyl (C=O) groups excluding carboxylic acids is 3. The maximum Gasteiger partial charge on any atom is 0.294 e. The summed E-state index contributed by atoms with van der Waals surface area (Å²) in [7, 11) is 0. The van der Waals surface area contributed by atoms with Crippen molar-refractivity contribution in [3.05, 3.63) is 58.0 Å². The molecule has 1 saturated heterocycles. The van der Waals surface area contributed by atoms with Gasteiger partial charge in [-0.3, -0.25) is 19.3 Å². The van der Waals surface area contributed by atoms with Crippen LogP contribution in [0.25, 0.3) is 6.08 Å². The van der Waals surface area contributed by atoms with Gasteiger partial charge in [0.05, 0.1) is 4.91 Å². The van der Waals surface area contributed by atoms with E-state index in [0.29, 0.717) is 22.5 Å². The predicted molar refractivity (Wildman–Crippen MR) is 103 cm³/mol. The number of aromatic hydroxyl groups is 2. The number of rotatable bonds is 4. The van der Waals surface area contributed by atoms with Crippen LogP contribution in [0, 0.1) is 0 Å². The number of benzene rings is 2. The molecule has 9 heteroatoms. The molecule has 3 N–H and O–H groups in total. The topological polar surface area (TPSA) is 107 Å². The normalized spacial score (nSPS) is 15.4. The summed E-state index contributed by atoms with van der Waals surface area (Å²) in [6.07, 6.45) is 1.33. The fraction of sp³-hybridized carbons (Fsp3) is 0.0556. The molecule has 0 saturated carbocycles. The van der Waals surface area contributed by atoms with Gasteiger partial charge in [0, 0.05) is 22.3 Å². The van der Waals surface area contributed by atoms with Crippen molar-refractivity contribution in [3.8, 4) is 11.5 Å². The molecule has 2 aromatic rings. The zero-order valence-corrected chi connectivity index (χ0v) is 15.3. The first-order valence-electron chi connectivity index (χ1n) is 7.66. The summed E-state index contributed by atoms with van der Waals surface area (Å²) in [5.74, 6) is -1.53. The summed E-state index contributed by atoms with van der Waals surface area (Å²) < 4.78 is 0. The molecule has 27 heavy (non-hydrogen) atoms. The van der Waals surface area contributed by atoms with Crippen molar-refractivity contribution in [3.63, 3.8) is 0 Å². The molecule has 0 aromatic heterocycles. The van der Waals surface area contributed by atoms with Crippen LogP contribution in [0.4, 0.5) is 10.5 Å². The zero-order chi connectivity index (χ0) is 19.6. The second kappa shape index (κ2) is 7.73. The molecule has 0 spiro atoms. The van der Waals surface area contributed by atoms with Gasteiger partial charge in [0.2, 0.25) is 5.91 Å². The van der Waals surface area contributed by atoms with Gasteiger partial charge >= 0.3 is 0 Å². The SMILES string of the molecule is O=C(CN1C(=O)S/C(=C\c2ccc(O)cc2O)C1=O)Nc1ccc(Cl)cc1. The van der Waals surface area contributed by atoms with Crippen LogP contribution >= 0.6 is 23.4 Å². The van der Waals surface area contributed by atoms with Gasteiger partial charge in [-0.05, 0) is 54.2 Å². The monoisotopic (exact) mass is 404 g/mol. The minimum atomic E-state index is -0.635. The number of hydrogen-bond donors (Lipinski definition) is 3. The Hall–Kier alpha value is -2.97. The van der Waals surface area contributed by atoms with Crippen LogP contribution < -0.4 is 5.32 Å². The number of carbonyl (C=O) groups is 3. The average molecular weight is 405 g/mol. The highest BCUT2D eigenvalue weighted by Gasteiger charge is 2.36. The summed E-state index contributed by atoms with van der Waals surface area (Å²) in [5, 5.41) is 21.6. The zero-order valence-electron chi connectivity index (χ0n) is 13.7. The molecule has 3 rings (SSSR count). The molecular weight excluding hydrogens is 392 g/mol. The number of phenols is 2. The molecule has 138 valence electrons. The third-order valence-electron chi connectivity index (χ3n) is 3.60. The van der Waals surface area contributed by atoms with Crippen LogP contribution in [-0.2, 0) is 9.59 Å². The van der Waals surface area contributed by atoms with Crippen LogP contribution in [0.15, 0.2) is 47.4 Å². The number of anilines is 1. The van der Waals surface area contributed by atoms with Crippen LogP contribution in [0.2, 0.25) is 5.02 Å². The molecule has 1 aliphatic heterocycles. The maximum absolute atomic E-state index is 12.4. The van der Waals surface area contributed by atoms with E-state index in [1.165, 1.54) is 18.2 Å². The standard InChI is InChI=1S/C18H13ClN2O5S/c19-11-2-4-12(5-3-11)20-16(24)9-21-17(25)15(27-18(21)26)7-10-1-6-13(22)8-14(10)23/h1-8,22-23H,9H2,(H,20,24)/b15-7-. The third-order valence-corrected chi connectivity index (χ3v) is 4.76. The molecule has 2 aromatic carbocycles. The predicted octanol–water partition coefficient (Wildman–Crippen LogP) is 3.43. The first-order chi connectivity index (χ1) is 12.8. The Morgan fingerprint density at radius 3 is 2.52 bits per heavy atom. The molecule has 3 amide bonds. The van der Waals surface area contributed by atoms with Crippen LogP contribution in [0.1, 0.15) is 5.56 Å². The van der Waals surface area contributed by atoms with Gasteiger partial charge in [0.15, 0.2) is 0 Å². The smallest absolute Gasteiger partial charge is 0.294 e. The van der Waals surface area contributed by atoms with Crippen molar-refractivity contribution in [1.82, 2.24) is 4.90 Å². The Kier molecular flexibility index (Phi) is 5.38. The van der Waals surface area contributed by atoms with Gasteiger partial charge < -0.3 is 15.5 Å². The number of nitrogens with one attached hydrogen (secondary N) is 1. The van der Waals surface area contributed by atoms with E-state index in [4.69, 9.17) is 11.6 Å². The van der Waals surface area contributed by atoms with Gasteiger partial charge in [0.25, 0.3) is 11.1 Å². The molecule has 0 aliphatic carbocycles. The summed E-state index contributed by atoms with van der Waals surface area (Å²) in [6, 6.07) is 10.3. The van der Waals surface area contributed by atoms with Crippen LogP contribution in [0.3, 0.4) is 0 Å². The van der Waals surface area contributed by atoms with Crippen molar-refractivity contribution in [2.75, 3.05) is 11.9 Å². The molecule has 7 nitrogen and oxygen atoms in total. The van der Waals surface area contributed by atoms with E-state index in [0.717, 1.165) is 11.0 Å². The Labute approximate surface area is 163 Å². The number of thioether (sulfide) groups is 1. The van der Waals surface area contributed by atoms with Crippen molar-refractivity contribution in [1.29, 1.82) is 0 Å². The van der Waals surface area contributed by atoms with E-state index in [1.54, 1.807) is 24.3 Å². The van der Waals surface area contributed by atoms with E-state index < -0.39 is 23.6 Å². The lowest BCUT2D eigenvalue weighted by molar-refractivity contribution is -0.127. The van der Waals surface area contributed by atoms with Crippen molar-refractivity contribution < 1.29 is 24.6 Å². The minimum Gasteiger partial charge on any atom is -0.508 e. The molecule has 0 radical (unpaired) electrons. The summed E-state index contributed by atoms with van der Waals surface area (Å²) in [4.78, 5) is 37.5. The van der Waals surface area contributed by atoms with Crippen LogP contribution in [0.5, 0.6) is 11.5 Å². The molecule has 0 bridgehead atoms. The first kappa shape index (κ1) is 18.8. The minimum absolute atomic E-state index is 0.0697. The van der Waals surface area contributed by atoms with Crippen molar-refractivity contribution in [2.45, 2.75) is 0 Å². The second-order valence-corrected chi connectivity index (χ2v) is 7.00. The molecule has 0 unspecified atom stereocenters. The second-order valence-electron chi connectivity index (χ2n) is 5.57. The maximum atomic E-state index is 12.4. The van der Waals surface area contributed by atoms with E-state index >= 15 is 0 Å². The highest BCUT2D eigenvalue weighted by Crippen LogP contribution is 2.34. The Bertz CT molecular complexity index is 959. The lowest BCUT2D eigenvalue weighted by Gasteiger charge is -2.12. The van der Waals surface area contributed by atoms with Gasteiger partial charge in [-0.2, -0.15) is 0 Å². The highest BCUT2D eigenvalue weighted by atomic mass is 35.5. The highest BCUT2D eigenvalue weighted by molar-refractivity contribution is 8.18. The van der Waals surface area contributed by atoms with Gasteiger partial charge in [-0.25, -0.2) is 0 Å². The Morgan fingerprint density at radius 1 is 1.15 bits per heavy atom. The van der Waals surface area contributed by atoms with Gasteiger partial charge in [-0.1, -0.05) is 11.6 Å². The number of nitrogens with zero attached hydrogens (tertiary/aromatic N) is 1. The molecular formula is C18H13ClN2O5S. The number of hydrogen-bond acceptors (Lipinski definition) is 6. The quantitative estimate of drug-likeness (QED) is 0.674. The van der Waals surface area contributed by atoms with E-state index in [1.807, 2.05) is 0 Å². The van der Waals surface area contributed by atoms with Gasteiger partial charge in [0.1, 0.15) is 18.0 Å². The largest absolute Gasteiger partial charge is 0.508 e. The first-order valence-corrected chi connectivity index (χ1v) is 8.86.